The standard InChI is InChI=1S/C20H19N3O4/c1-23-17(7-9-19(23)24)20(25)22-16-11-15(6-8-18(16)26-2)27-14-5-3-4-13(10-14)12-21/h3-6,8,10-11,17H,7,9H2,1-2H3,(H,22,25). The Morgan fingerprint density at radius 3 is 2.70 bits per heavy atom. The van der Waals surface area contributed by atoms with Gasteiger partial charge in [0.15, 0.2) is 0 Å². The maximum Gasteiger partial charge on any atom is 0.247 e. The van der Waals surface area contributed by atoms with Crippen molar-refractivity contribution in [2.75, 3.05) is 19.5 Å². The number of nitrogens with zero attached hydrogens (tertiary/aromatic N) is 2. The lowest BCUT2D eigenvalue weighted by molar-refractivity contribution is -0.131. The molecule has 0 aromatic heterocycles. The molecule has 1 fully saturated rings. The largest absolute Gasteiger partial charge is 0.495 e. The third-order valence-electron chi connectivity index (χ3n) is 4.42. The smallest absolute Gasteiger partial charge is 0.247 e. The SMILES string of the molecule is COc1ccc(Oc2cccc(C#N)c2)cc1NC(=O)C1CCC(=O)N1C. The number of rotatable bonds is 5. The molecule has 2 amide bonds. The van der Waals surface area contributed by atoms with Gasteiger partial charge in [0, 0.05) is 19.5 Å². The van der Waals surface area contributed by atoms with Crippen molar-refractivity contribution in [3.05, 3.63) is 48.0 Å². The highest BCUT2D eigenvalue weighted by molar-refractivity contribution is 5.99. The van der Waals surface area contributed by atoms with Gasteiger partial charge in [0.25, 0.3) is 0 Å². The first-order chi connectivity index (χ1) is 13.0. The van der Waals surface area contributed by atoms with Gasteiger partial charge in [-0.25, -0.2) is 0 Å². The van der Waals surface area contributed by atoms with E-state index in [9.17, 15) is 9.59 Å². The van der Waals surface area contributed by atoms with Crippen molar-refractivity contribution < 1.29 is 19.1 Å². The molecular weight excluding hydrogens is 346 g/mol. The van der Waals surface area contributed by atoms with Crippen LogP contribution < -0.4 is 14.8 Å². The number of likely N-dealkylation sites (tertiary alicyclic amines) is 1. The number of nitrogens with one attached hydrogen (secondary N) is 1. The second kappa shape index (κ2) is 7.79. The van der Waals surface area contributed by atoms with Crippen LogP contribution in [-0.2, 0) is 9.59 Å². The van der Waals surface area contributed by atoms with Crippen molar-refractivity contribution in [1.29, 1.82) is 5.26 Å². The van der Waals surface area contributed by atoms with Crippen LogP contribution in [0.25, 0.3) is 0 Å². The fraction of sp³-hybridized carbons (Fsp3) is 0.250. The zero-order chi connectivity index (χ0) is 19.4. The molecule has 3 rings (SSSR count). The van der Waals surface area contributed by atoms with Crippen LogP contribution in [0.4, 0.5) is 5.69 Å². The molecule has 138 valence electrons. The van der Waals surface area contributed by atoms with E-state index < -0.39 is 6.04 Å². The minimum atomic E-state index is -0.501. The van der Waals surface area contributed by atoms with Crippen LogP contribution in [0.1, 0.15) is 18.4 Å². The Hall–Kier alpha value is -3.53. The first-order valence-corrected chi connectivity index (χ1v) is 8.44. The van der Waals surface area contributed by atoms with Crippen molar-refractivity contribution in [3.63, 3.8) is 0 Å². The zero-order valence-electron chi connectivity index (χ0n) is 15.1. The average molecular weight is 365 g/mol. The Bertz CT molecular complexity index is 920. The summed E-state index contributed by atoms with van der Waals surface area (Å²) in [5, 5.41) is 11.8. The van der Waals surface area contributed by atoms with Gasteiger partial charge in [-0.1, -0.05) is 6.07 Å². The molecule has 0 bridgehead atoms. The van der Waals surface area contributed by atoms with Crippen molar-refractivity contribution >= 4 is 17.5 Å². The minimum Gasteiger partial charge on any atom is -0.495 e. The predicted molar refractivity (Wildman–Crippen MR) is 98.6 cm³/mol. The van der Waals surface area contributed by atoms with Crippen LogP contribution in [0.3, 0.4) is 0 Å². The number of carbonyl (C=O) groups is 2. The Kier molecular flexibility index (Phi) is 5.27. The third kappa shape index (κ3) is 4.01. The van der Waals surface area contributed by atoms with Gasteiger partial charge in [-0.05, 0) is 36.8 Å². The van der Waals surface area contributed by atoms with E-state index in [2.05, 4.69) is 11.4 Å². The molecule has 1 saturated heterocycles. The second-order valence-corrected chi connectivity index (χ2v) is 6.15. The number of nitriles is 1. The summed E-state index contributed by atoms with van der Waals surface area (Å²) < 4.78 is 11.1. The molecular formula is C20H19N3O4. The van der Waals surface area contributed by atoms with E-state index in [1.54, 1.807) is 49.5 Å². The summed E-state index contributed by atoms with van der Waals surface area (Å²) in [4.78, 5) is 25.7. The second-order valence-electron chi connectivity index (χ2n) is 6.15. The van der Waals surface area contributed by atoms with E-state index in [1.807, 2.05) is 0 Å². The molecule has 1 unspecified atom stereocenters. The molecule has 0 spiro atoms. The molecule has 1 N–H and O–H groups in total. The van der Waals surface area contributed by atoms with E-state index in [1.165, 1.54) is 12.0 Å². The van der Waals surface area contributed by atoms with Crippen LogP contribution in [0.2, 0.25) is 0 Å². The van der Waals surface area contributed by atoms with Crippen molar-refractivity contribution in [2.45, 2.75) is 18.9 Å². The number of carbonyl (C=O) groups excluding carboxylic acids is 2. The van der Waals surface area contributed by atoms with Crippen LogP contribution in [0.15, 0.2) is 42.5 Å². The van der Waals surface area contributed by atoms with Gasteiger partial charge in [-0.15, -0.1) is 0 Å². The fourth-order valence-corrected chi connectivity index (χ4v) is 2.94. The van der Waals surface area contributed by atoms with Crippen LogP contribution in [0, 0.1) is 11.3 Å². The number of hydrogen-bond acceptors (Lipinski definition) is 5. The summed E-state index contributed by atoms with van der Waals surface area (Å²) in [5.41, 5.74) is 0.938. The van der Waals surface area contributed by atoms with Gasteiger partial charge >= 0.3 is 0 Å². The molecule has 0 aliphatic carbocycles. The summed E-state index contributed by atoms with van der Waals surface area (Å²) in [5.74, 6) is 1.16. The van der Waals surface area contributed by atoms with Gasteiger partial charge < -0.3 is 19.7 Å². The highest BCUT2D eigenvalue weighted by Crippen LogP contribution is 2.32. The predicted octanol–water partition coefficient (Wildman–Crippen LogP) is 2.92. The Morgan fingerprint density at radius 2 is 2.04 bits per heavy atom. The lowest BCUT2D eigenvalue weighted by Gasteiger charge is -2.20. The van der Waals surface area contributed by atoms with Gasteiger partial charge in [-0.2, -0.15) is 5.26 Å². The van der Waals surface area contributed by atoms with Crippen molar-refractivity contribution in [3.8, 4) is 23.3 Å². The zero-order valence-corrected chi connectivity index (χ0v) is 15.1. The lowest BCUT2D eigenvalue weighted by atomic mass is 10.2. The maximum atomic E-state index is 12.6. The molecule has 0 radical (unpaired) electrons. The Balaban J connectivity index is 1.80. The maximum absolute atomic E-state index is 12.6. The average Bonchev–Trinajstić information content (AvgIpc) is 3.01. The van der Waals surface area contributed by atoms with E-state index in [4.69, 9.17) is 14.7 Å². The minimum absolute atomic E-state index is 0.0448. The van der Waals surface area contributed by atoms with E-state index in [-0.39, 0.29) is 11.8 Å². The first-order valence-electron chi connectivity index (χ1n) is 8.44. The van der Waals surface area contributed by atoms with Gasteiger partial charge in [-0.3, -0.25) is 9.59 Å². The van der Waals surface area contributed by atoms with Gasteiger partial charge in [0.1, 0.15) is 23.3 Å². The summed E-state index contributed by atoms with van der Waals surface area (Å²) in [6.45, 7) is 0. The van der Waals surface area contributed by atoms with Crippen LogP contribution in [-0.4, -0.2) is 36.9 Å². The highest BCUT2D eigenvalue weighted by Gasteiger charge is 2.33. The van der Waals surface area contributed by atoms with Crippen LogP contribution in [0.5, 0.6) is 17.2 Å². The van der Waals surface area contributed by atoms with Crippen LogP contribution >= 0.6 is 0 Å². The van der Waals surface area contributed by atoms with E-state index in [0.29, 0.717) is 41.3 Å². The highest BCUT2D eigenvalue weighted by atomic mass is 16.5. The number of amides is 2. The topological polar surface area (TPSA) is 91.7 Å². The van der Waals surface area contributed by atoms with Crippen molar-refractivity contribution in [1.82, 2.24) is 4.90 Å². The summed E-state index contributed by atoms with van der Waals surface area (Å²) >= 11 is 0. The number of hydrogen-bond donors (Lipinski definition) is 1. The number of benzene rings is 2. The van der Waals surface area contributed by atoms with Gasteiger partial charge in [0.05, 0.1) is 24.4 Å². The lowest BCUT2D eigenvalue weighted by Crippen LogP contribution is -2.38. The Labute approximate surface area is 157 Å². The third-order valence-corrected chi connectivity index (χ3v) is 4.42. The number of methoxy groups -OCH3 is 1. The fourth-order valence-electron chi connectivity index (χ4n) is 2.94. The molecule has 1 aliphatic heterocycles. The Morgan fingerprint density at radius 1 is 1.26 bits per heavy atom. The molecule has 2 aromatic carbocycles. The molecule has 7 nitrogen and oxygen atoms in total. The normalized spacial score (nSPS) is 16.0. The number of anilines is 1. The molecule has 27 heavy (non-hydrogen) atoms. The molecule has 1 heterocycles. The van der Waals surface area contributed by atoms with E-state index >= 15 is 0 Å². The number of likely N-dealkylation sites (N-methyl/N-ethyl adjacent to an activating group) is 1. The molecule has 7 heteroatoms. The van der Waals surface area contributed by atoms with E-state index in [0.717, 1.165) is 0 Å². The molecule has 1 atom stereocenters. The van der Waals surface area contributed by atoms with Gasteiger partial charge in [0.2, 0.25) is 11.8 Å². The molecule has 0 saturated carbocycles. The number of ether oxygens (including phenoxy) is 2. The van der Waals surface area contributed by atoms with Crippen molar-refractivity contribution in [2.24, 2.45) is 0 Å². The summed E-state index contributed by atoms with van der Waals surface area (Å²) in [6.07, 6.45) is 0.852. The first kappa shape index (κ1) is 18.3. The molecule has 2 aromatic rings. The molecule has 1 aliphatic rings. The summed E-state index contributed by atoms with van der Waals surface area (Å²) in [6, 6.07) is 13.4. The quantitative estimate of drug-likeness (QED) is 0.880. The monoisotopic (exact) mass is 365 g/mol. The summed E-state index contributed by atoms with van der Waals surface area (Å²) in [7, 11) is 3.13.